The monoisotopic (exact) mass is 443 g/mol. The highest BCUT2D eigenvalue weighted by Crippen LogP contribution is 2.31. The van der Waals surface area contributed by atoms with E-state index in [2.05, 4.69) is 26.0 Å². The molecule has 0 fully saturated rings. The van der Waals surface area contributed by atoms with Crippen molar-refractivity contribution in [1.82, 2.24) is 14.6 Å². The second kappa shape index (κ2) is 7.13. The molecule has 0 aliphatic carbocycles. The van der Waals surface area contributed by atoms with Crippen molar-refractivity contribution in [2.75, 3.05) is 14.2 Å². The van der Waals surface area contributed by atoms with Crippen molar-refractivity contribution < 1.29 is 9.47 Å². The van der Waals surface area contributed by atoms with E-state index in [0.717, 1.165) is 15.6 Å². The molecule has 0 saturated carbocycles. The van der Waals surface area contributed by atoms with Crippen LogP contribution >= 0.6 is 27.3 Å². The average molecular weight is 444 g/mol. The van der Waals surface area contributed by atoms with E-state index in [1.165, 1.54) is 15.9 Å². The van der Waals surface area contributed by atoms with Gasteiger partial charge in [-0.2, -0.15) is 9.50 Å². The van der Waals surface area contributed by atoms with E-state index in [4.69, 9.17) is 9.47 Å². The Morgan fingerprint density at radius 3 is 2.63 bits per heavy atom. The zero-order valence-electron chi connectivity index (χ0n) is 14.5. The molecule has 2 aromatic carbocycles. The molecular weight excluding hydrogens is 430 g/mol. The Hall–Kier alpha value is -2.71. The van der Waals surface area contributed by atoms with Crippen LogP contribution < -0.4 is 19.6 Å². The largest absolute Gasteiger partial charge is 0.493 e. The molecule has 0 aliphatic heterocycles. The van der Waals surface area contributed by atoms with Gasteiger partial charge in [0, 0.05) is 15.6 Å². The van der Waals surface area contributed by atoms with Gasteiger partial charge in [0.05, 0.1) is 18.8 Å². The van der Waals surface area contributed by atoms with Crippen molar-refractivity contribution in [3.8, 4) is 22.9 Å². The number of ether oxygens (including phenoxy) is 2. The summed E-state index contributed by atoms with van der Waals surface area (Å²) in [5.41, 5.74) is 1.38. The maximum Gasteiger partial charge on any atom is 0.291 e. The highest BCUT2D eigenvalue weighted by molar-refractivity contribution is 9.10. The van der Waals surface area contributed by atoms with Gasteiger partial charge in [0.1, 0.15) is 0 Å². The third-order valence-electron chi connectivity index (χ3n) is 4.02. The molecule has 0 atom stereocenters. The zero-order chi connectivity index (χ0) is 19.0. The molecule has 4 rings (SSSR count). The van der Waals surface area contributed by atoms with Crippen LogP contribution in [0.2, 0.25) is 0 Å². The normalized spacial score (nSPS) is 11.9. The van der Waals surface area contributed by atoms with E-state index >= 15 is 0 Å². The number of thiazole rings is 1. The molecule has 0 amide bonds. The number of rotatable bonds is 4. The van der Waals surface area contributed by atoms with Gasteiger partial charge in [0.2, 0.25) is 4.96 Å². The lowest BCUT2D eigenvalue weighted by Crippen LogP contribution is -2.23. The molecule has 0 spiro atoms. The highest BCUT2D eigenvalue weighted by Gasteiger charge is 2.14. The molecule has 0 bridgehead atoms. The van der Waals surface area contributed by atoms with Gasteiger partial charge in [-0.05, 0) is 24.3 Å². The number of hydrogen-bond donors (Lipinski definition) is 0. The van der Waals surface area contributed by atoms with Crippen LogP contribution in [0.25, 0.3) is 22.4 Å². The van der Waals surface area contributed by atoms with E-state index in [1.54, 1.807) is 26.4 Å². The summed E-state index contributed by atoms with van der Waals surface area (Å²) in [4.78, 5) is 17.8. The van der Waals surface area contributed by atoms with E-state index in [1.807, 2.05) is 36.4 Å². The molecule has 2 heterocycles. The number of hydrogen-bond acceptors (Lipinski definition) is 6. The molecule has 2 aromatic heterocycles. The Labute approximate surface area is 166 Å². The maximum atomic E-state index is 12.8. The fourth-order valence-electron chi connectivity index (χ4n) is 2.76. The molecule has 0 aliphatic rings. The molecule has 0 saturated heterocycles. The fraction of sp³-hybridized carbons (Fsp3) is 0.105. The number of fused-ring (bicyclic) bond motifs is 1. The summed E-state index contributed by atoms with van der Waals surface area (Å²) in [5, 5.41) is 4.38. The lowest BCUT2D eigenvalue weighted by Gasteiger charge is -2.09. The molecule has 8 heteroatoms. The summed E-state index contributed by atoms with van der Waals surface area (Å²) < 4.78 is 13.5. The van der Waals surface area contributed by atoms with Crippen LogP contribution in [0.4, 0.5) is 0 Å². The van der Waals surface area contributed by atoms with Gasteiger partial charge in [-0.3, -0.25) is 4.79 Å². The van der Waals surface area contributed by atoms with Crippen molar-refractivity contribution in [1.29, 1.82) is 0 Å². The molecular formula is C19H14BrN3O3S. The Balaban J connectivity index is 1.85. The Kier molecular flexibility index (Phi) is 4.67. The number of benzene rings is 2. The summed E-state index contributed by atoms with van der Waals surface area (Å²) in [5.74, 6) is 1.69. The van der Waals surface area contributed by atoms with Crippen LogP contribution in [0, 0.1) is 0 Å². The third-order valence-corrected chi connectivity index (χ3v) is 5.67. The standard InChI is InChI=1S/C19H14BrN3O3S/c1-25-14-9-5-6-11(16(14)26-2)10-15-18(24)23-19(27-15)21-17(22-23)12-7-3-4-8-13(12)20/h3-10H,1-2H3. The first-order valence-corrected chi connectivity index (χ1v) is 9.60. The van der Waals surface area contributed by atoms with Crippen LogP contribution in [-0.2, 0) is 0 Å². The minimum Gasteiger partial charge on any atom is -0.493 e. The Bertz CT molecular complexity index is 1250. The lowest BCUT2D eigenvalue weighted by atomic mass is 10.2. The van der Waals surface area contributed by atoms with Crippen LogP contribution in [-0.4, -0.2) is 28.8 Å². The zero-order valence-corrected chi connectivity index (χ0v) is 16.9. The minimum absolute atomic E-state index is 0.217. The number of nitrogens with zero attached hydrogens (tertiary/aromatic N) is 3. The second-order valence-corrected chi connectivity index (χ2v) is 7.47. The second-order valence-electron chi connectivity index (χ2n) is 5.61. The highest BCUT2D eigenvalue weighted by atomic mass is 79.9. The van der Waals surface area contributed by atoms with Gasteiger partial charge in [-0.1, -0.05) is 51.5 Å². The van der Waals surface area contributed by atoms with Crippen LogP contribution in [0.1, 0.15) is 5.56 Å². The van der Waals surface area contributed by atoms with Crippen molar-refractivity contribution in [2.24, 2.45) is 0 Å². The first-order chi connectivity index (χ1) is 13.1. The first-order valence-electron chi connectivity index (χ1n) is 7.99. The van der Waals surface area contributed by atoms with Crippen molar-refractivity contribution >= 4 is 38.3 Å². The summed E-state index contributed by atoms with van der Waals surface area (Å²) in [6.07, 6.45) is 1.77. The third kappa shape index (κ3) is 3.11. The SMILES string of the molecule is COc1cccc(C=c2sc3nc(-c4ccccc4Br)nn3c2=O)c1OC. The predicted octanol–water partition coefficient (Wildman–Crippen LogP) is 3.15. The van der Waals surface area contributed by atoms with Gasteiger partial charge in [-0.25, -0.2) is 0 Å². The fourth-order valence-corrected chi connectivity index (χ4v) is 4.12. The smallest absolute Gasteiger partial charge is 0.291 e. The molecule has 0 N–H and O–H groups in total. The number of halogens is 1. The van der Waals surface area contributed by atoms with Crippen molar-refractivity contribution in [3.05, 3.63) is 67.4 Å². The number of aromatic nitrogens is 3. The first kappa shape index (κ1) is 17.7. The summed E-state index contributed by atoms with van der Waals surface area (Å²) in [7, 11) is 3.15. The summed E-state index contributed by atoms with van der Waals surface area (Å²) >= 11 is 4.77. The molecule has 4 aromatic rings. The van der Waals surface area contributed by atoms with E-state index in [0.29, 0.717) is 26.8 Å². The van der Waals surface area contributed by atoms with Crippen LogP contribution in [0.15, 0.2) is 51.7 Å². The summed E-state index contributed by atoms with van der Waals surface area (Å²) in [6.45, 7) is 0. The van der Waals surface area contributed by atoms with E-state index < -0.39 is 0 Å². The van der Waals surface area contributed by atoms with Gasteiger partial charge < -0.3 is 9.47 Å². The molecule has 0 unspecified atom stereocenters. The average Bonchev–Trinajstić information content (AvgIpc) is 3.21. The van der Waals surface area contributed by atoms with Gasteiger partial charge in [0.25, 0.3) is 5.56 Å². The maximum absolute atomic E-state index is 12.8. The summed E-state index contributed by atoms with van der Waals surface area (Å²) in [6, 6.07) is 13.2. The Morgan fingerprint density at radius 2 is 1.93 bits per heavy atom. The number of methoxy groups -OCH3 is 2. The van der Waals surface area contributed by atoms with Crippen LogP contribution in [0.5, 0.6) is 11.5 Å². The number of para-hydroxylation sites is 1. The minimum atomic E-state index is -0.217. The molecule has 27 heavy (non-hydrogen) atoms. The van der Waals surface area contributed by atoms with Gasteiger partial charge in [-0.15, -0.1) is 5.10 Å². The van der Waals surface area contributed by atoms with Gasteiger partial charge in [0.15, 0.2) is 17.3 Å². The van der Waals surface area contributed by atoms with Gasteiger partial charge >= 0.3 is 0 Å². The van der Waals surface area contributed by atoms with Crippen molar-refractivity contribution in [3.63, 3.8) is 0 Å². The molecule has 0 radical (unpaired) electrons. The molecule has 6 nitrogen and oxygen atoms in total. The van der Waals surface area contributed by atoms with E-state index in [-0.39, 0.29) is 5.56 Å². The van der Waals surface area contributed by atoms with Crippen molar-refractivity contribution in [2.45, 2.75) is 0 Å². The molecule has 136 valence electrons. The predicted molar refractivity (Wildman–Crippen MR) is 109 cm³/mol. The van der Waals surface area contributed by atoms with E-state index in [9.17, 15) is 4.79 Å². The quantitative estimate of drug-likeness (QED) is 0.484. The van der Waals surface area contributed by atoms with Crippen LogP contribution in [0.3, 0.4) is 0 Å². The topological polar surface area (TPSA) is 65.7 Å². The lowest BCUT2D eigenvalue weighted by molar-refractivity contribution is 0.354. The Morgan fingerprint density at radius 1 is 1.11 bits per heavy atom.